The molecule has 2 aromatic carbocycles. The number of carbonyl (C=O) groups is 2. The number of nitriles is 1. The van der Waals surface area contributed by atoms with Crippen molar-refractivity contribution >= 4 is 33.4 Å². The zero-order valence-electron chi connectivity index (χ0n) is 15.3. The van der Waals surface area contributed by atoms with Gasteiger partial charge in [0.05, 0.1) is 42.5 Å². The van der Waals surface area contributed by atoms with Gasteiger partial charge in [0.25, 0.3) is 5.91 Å². The molecule has 1 heterocycles. The zero-order valence-corrected chi connectivity index (χ0v) is 16.2. The van der Waals surface area contributed by atoms with Crippen LogP contribution in [-0.2, 0) is 16.1 Å². The van der Waals surface area contributed by atoms with Gasteiger partial charge in [-0.25, -0.2) is 0 Å². The molecule has 7 nitrogen and oxygen atoms in total. The monoisotopic (exact) mass is 395 g/mol. The first kappa shape index (κ1) is 19.3. The lowest BCUT2D eigenvalue weighted by Crippen LogP contribution is -2.19. The standard InChI is InChI=1S/C20H17N3O4S/c1-26-15-7-8-17-16(11-15)23(10-9-18(24)27-2)20(28-17)22-19(25)14-5-3-13(12-21)4-6-14/h3-8,11H,9-10H2,1-2H3. The summed E-state index contributed by atoms with van der Waals surface area (Å²) in [5, 5.41) is 8.88. The number of hydrogen-bond donors (Lipinski definition) is 0. The van der Waals surface area contributed by atoms with E-state index in [1.54, 1.807) is 35.9 Å². The van der Waals surface area contributed by atoms with Crippen LogP contribution in [0, 0.1) is 11.3 Å². The lowest BCUT2D eigenvalue weighted by molar-refractivity contribution is -0.140. The zero-order chi connectivity index (χ0) is 20.1. The quantitative estimate of drug-likeness (QED) is 0.619. The van der Waals surface area contributed by atoms with E-state index < -0.39 is 5.91 Å². The number of aryl methyl sites for hydroxylation is 1. The van der Waals surface area contributed by atoms with E-state index in [2.05, 4.69) is 4.99 Å². The number of rotatable bonds is 5. The predicted octanol–water partition coefficient (Wildman–Crippen LogP) is 2.89. The van der Waals surface area contributed by atoms with E-state index in [1.165, 1.54) is 18.4 Å². The Hall–Kier alpha value is -3.44. The Morgan fingerprint density at radius 3 is 2.57 bits per heavy atom. The Morgan fingerprint density at radius 1 is 1.18 bits per heavy atom. The summed E-state index contributed by atoms with van der Waals surface area (Å²) in [6.07, 6.45) is 0.151. The fourth-order valence-electron chi connectivity index (χ4n) is 2.62. The third-order valence-electron chi connectivity index (χ3n) is 4.11. The summed E-state index contributed by atoms with van der Waals surface area (Å²) in [5.74, 6) is -0.101. The van der Waals surface area contributed by atoms with E-state index in [1.807, 2.05) is 24.3 Å². The number of ether oxygens (including phenoxy) is 2. The topological polar surface area (TPSA) is 93.7 Å². The number of hydrogen-bond acceptors (Lipinski definition) is 6. The normalized spacial score (nSPS) is 11.2. The minimum Gasteiger partial charge on any atom is -0.497 e. The minimum absolute atomic E-state index is 0.151. The van der Waals surface area contributed by atoms with Crippen LogP contribution >= 0.6 is 11.3 Å². The predicted molar refractivity (Wildman–Crippen MR) is 104 cm³/mol. The van der Waals surface area contributed by atoms with E-state index in [0.29, 0.717) is 28.2 Å². The summed E-state index contributed by atoms with van der Waals surface area (Å²) >= 11 is 1.35. The van der Waals surface area contributed by atoms with E-state index in [0.717, 1.165) is 10.2 Å². The maximum absolute atomic E-state index is 12.6. The lowest BCUT2D eigenvalue weighted by atomic mass is 10.1. The summed E-state index contributed by atoms with van der Waals surface area (Å²) in [5.41, 5.74) is 1.67. The van der Waals surface area contributed by atoms with Gasteiger partial charge in [-0.15, -0.1) is 0 Å². The van der Waals surface area contributed by atoms with Crippen molar-refractivity contribution in [3.8, 4) is 11.8 Å². The molecule has 0 aliphatic carbocycles. The van der Waals surface area contributed by atoms with Crippen LogP contribution in [0.25, 0.3) is 10.2 Å². The lowest BCUT2D eigenvalue weighted by Gasteiger charge is -2.06. The highest BCUT2D eigenvalue weighted by molar-refractivity contribution is 7.16. The fourth-order valence-corrected chi connectivity index (χ4v) is 3.66. The number of thiazole rings is 1. The van der Waals surface area contributed by atoms with Crippen LogP contribution in [0.15, 0.2) is 47.5 Å². The smallest absolute Gasteiger partial charge is 0.307 e. The molecule has 0 N–H and O–H groups in total. The average Bonchev–Trinajstić information content (AvgIpc) is 3.07. The molecule has 142 valence electrons. The van der Waals surface area contributed by atoms with E-state index in [-0.39, 0.29) is 12.4 Å². The van der Waals surface area contributed by atoms with Gasteiger partial charge in [-0.3, -0.25) is 9.59 Å². The van der Waals surface area contributed by atoms with Gasteiger partial charge in [0, 0.05) is 18.2 Å². The number of nitrogens with zero attached hydrogens (tertiary/aromatic N) is 3. The molecule has 0 saturated carbocycles. The molecule has 0 saturated heterocycles. The first-order chi connectivity index (χ1) is 13.5. The molecule has 0 atom stereocenters. The largest absolute Gasteiger partial charge is 0.497 e. The number of carbonyl (C=O) groups excluding carboxylic acids is 2. The number of methoxy groups -OCH3 is 2. The van der Waals surface area contributed by atoms with Crippen LogP contribution < -0.4 is 9.54 Å². The van der Waals surface area contributed by atoms with Crippen molar-refractivity contribution in [2.45, 2.75) is 13.0 Å². The van der Waals surface area contributed by atoms with Crippen LogP contribution in [0.5, 0.6) is 5.75 Å². The number of fused-ring (bicyclic) bond motifs is 1. The first-order valence-corrected chi connectivity index (χ1v) is 9.20. The van der Waals surface area contributed by atoms with Crippen molar-refractivity contribution in [1.29, 1.82) is 5.26 Å². The van der Waals surface area contributed by atoms with Crippen molar-refractivity contribution in [2.75, 3.05) is 14.2 Å². The van der Waals surface area contributed by atoms with Crippen LogP contribution in [0.2, 0.25) is 0 Å². The number of benzene rings is 2. The molecule has 1 aromatic heterocycles. The Labute approximate surface area is 165 Å². The summed E-state index contributed by atoms with van der Waals surface area (Å²) in [6, 6.07) is 13.9. The second-order valence-electron chi connectivity index (χ2n) is 5.80. The van der Waals surface area contributed by atoms with Gasteiger partial charge in [0.2, 0.25) is 0 Å². The maximum Gasteiger partial charge on any atom is 0.307 e. The second-order valence-corrected chi connectivity index (χ2v) is 6.81. The van der Waals surface area contributed by atoms with Gasteiger partial charge in [0.15, 0.2) is 4.80 Å². The number of esters is 1. The number of amides is 1. The molecule has 0 aliphatic rings. The van der Waals surface area contributed by atoms with Crippen LogP contribution in [-0.4, -0.2) is 30.7 Å². The third kappa shape index (κ3) is 4.10. The molecule has 0 unspecified atom stereocenters. The molecule has 0 fully saturated rings. The first-order valence-electron chi connectivity index (χ1n) is 8.39. The highest BCUT2D eigenvalue weighted by atomic mass is 32.1. The molecule has 8 heteroatoms. The van der Waals surface area contributed by atoms with Crippen LogP contribution in [0.1, 0.15) is 22.3 Å². The van der Waals surface area contributed by atoms with Crippen molar-refractivity contribution in [2.24, 2.45) is 4.99 Å². The summed E-state index contributed by atoms with van der Waals surface area (Å²) in [4.78, 5) is 28.9. The van der Waals surface area contributed by atoms with Crippen molar-refractivity contribution < 1.29 is 19.1 Å². The molecule has 0 radical (unpaired) electrons. The highest BCUT2D eigenvalue weighted by Gasteiger charge is 2.12. The van der Waals surface area contributed by atoms with Gasteiger partial charge in [0.1, 0.15) is 5.75 Å². The van der Waals surface area contributed by atoms with Gasteiger partial charge in [-0.05, 0) is 36.4 Å². The molecule has 0 bridgehead atoms. The summed E-state index contributed by atoms with van der Waals surface area (Å²) in [6.45, 7) is 0.319. The van der Waals surface area contributed by atoms with Crippen LogP contribution in [0.3, 0.4) is 0 Å². The van der Waals surface area contributed by atoms with E-state index in [4.69, 9.17) is 14.7 Å². The molecule has 0 spiro atoms. The van der Waals surface area contributed by atoms with E-state index >= 15 is 0 Å². The molecular formula is C20H17N3O4S. The molecule has 3 aromatic rings. The van der Waals surface area contributed by atoms with Crippen molar-refractivity contribution in [3.63, 3.8) is 0 Å². The summed E-state index contributed by atoms with van der Waals surface area (Å²) in [7, 11) is 2.91. The molecular weight excluding hydrogens is 378 g/mol. The van der Waals surface area contributed by atoms with Gasteiger partial charge in [-0.1, -0.05) is 11.3 Å². The van der Waals surface area contributed by atoms with Gasteiger partial charge < -0.3 is 14.0 Å². The fraction of sp³-hybridized carbons (Fsp3) is 0.200. The molecule has 28 heavy (non-hydrogen) atoms. The Balaban J connectivity index is 2.06. The SMILES string of the molecule is COC(=O)CCn1c(=NC(=O)c2ccc(C#N)cc2)sc2ccc(OC)cc21. The third-order valence-corrected chi connectivity index (χ3v) is 5.17. The van der Waals surface area contributed by atoms with E-state index in [9.17, 15) is 9.59 Å². The molecule has 0 aliphatic heterocycles. The van der Waals surface area contributed by atoms with Gasteiger partial charge >= 0.3 is 5.97 Å². The number of aromatic nitrogens is 1. The molecule has 3 rings (SSSR count). The van der Waals surface area contributed by atoms with Crippen LogP contribution in [0.4, 0.5) is 0 Å². The van der Waals surface area contributed by atoms with Crippen molar-refractivity contribution in [3.05, 3.63) is 58.4 Å². The Bertz CT molecular complexity index is 1140. The highest BCUT2D eigenvalue weighted by Crippen LogP contribution is 2.23. The van der Waals surface area contributed by atoms with Crippen molar-refractivity contribution in [1.82, 2.24) is 4.57 Å². The Kier molecular flexibility index (Phi) is 5.87. The molecule has 1 amide bonds. The maximum atomic E-state index is 12.6. The average molecular weight is 395 g/mol. The second kappa shape index (κ2) is 8.50. The summed E-state index contributed by atoms with van der Waals surface area (Å²) < 4.78 is 12.7. The minimum atomic E-state index is -0.421. The van der Waals surface area contributed by atoms with Gasteiger partial charge in [-0.2, -0.15) is 10.3 Å². The Morgan fingerprint density at radius 2 is 1.93 bits per heavy atom.